The van der Waals surface area contributed by atoms with Crippen LogP contribution in [-0.4, -0.2) is 44.9 Å². The highest BCUT2D eigenvalue weighted by atomic mass is 35.5. The summed E-state index contributed by atoms with van der Waals surface area (Å²) in [6, 6.07) is 2.63. The van der Waals surface area contributed by atoms with E-state index in [-0.39, 0.29) is 0 Å². The molecule has 0 aliphatic rings. The fourth-order valence-corrected chi connectivity index (χ4v) is 2.52. The number of hydrogen-bond donors (Lipinski definition) is 0. The Balaban J connectivity index is 2.20. The van der Waals surface area contributed by atoms with Gasteiger partial charge >= 0.3 is 0 Å². The number of rotatable bonds is 7. The highest BCUT2D eigenvalue weighted by Crippen LogP contribution is 2.16. The van der Waals surface area contributed by atoms with Gasteiger partial charge in [0.25, 0.3) is 0 Å². The number of aryl methyl sites for hydroxylation is 1. The number of aromatic nitrogens is 3. The molecule has 0 fully saturated rings. The van der Waals surface area contributed by atoms with E-state index < -0.39 is 0 Å². The summed E-state index contributed by atoms with van der Waals surface area (Å²) in [4.78, 5) is 11.2. The fourth-order valence-electron chi connectivity index (χ4n) is 2.35. The molecule has 4 nitrogen and oxygen atoms in total. The Hall–Kier alpha value is -1.13. The van der Waals surface area contributed by atoms with Gasteiger partial charge in [-0.25, -0.2) is 4.98 Å². The zero-order valence-electron chi connectivity index (χ0n) is 12.5. The van der Waals surface area contributed by atoms with Gasteiger partial charge in [0.05, 0.1) is 11.7 Å². The van der Waals surface area contributed by atoms with E-state index in [2.05, 4.69) is 40.3 Å². The van der Waals surface area contributed by atoms with E-state index >= 15 is 0 Å². The van der Waals surface area contributed by atoms with E-state index in [1.54, 1.807) is 0 Å². The third kappa shape index (κ3) is 3.30. The zero-order chi connectivity index (χ0) is 14.5. The Kier molecular flexibility index (Phi) is 5.38. The second-order valence-corrected chi connectivity index (χ2v) is 5.60. The molecule has 2 aromatic heterocycles. The lowest BCUT2D eigenvalue weighted by molar-refractivity contribution is 0.242. The summed E-state index contributed by atoms with van der Waals surface area (Å²) in [5.41, 5.74) is 2.11. The summed E-state index contributed by atoms with van der Waals surface area (Å²) in [6.07, 6.45) is 5.61. The topological polar surface area (TPSA) is 34.0 Å². The predicted octanol–water partition coefficient (Wildman–Crippen LogP) is 2.94. The van der Waals surface area contributed by atoms with Crippen LogP contribution in [0.3, 0.4) is 0 Å². The molecule has 1 unspecified atom stereocenters. The van der Waals surface area contributed by atoms with Crippen molar-refractivity contribution in [3.05, 3.63) is 24.3 Å². The first-order valence-corrected chi connectivity index (χ1v) is 7.76. The maximum absolute atomic E-state index is 5.89. The van der Waals surface area contributed by atoms with Crippen molar-refractivity contribution in [1.82, 2.24) is 19.4 Å². The average Bonchev–Trinajstić information content (AvgIpc) is 2.81. The first-order chi connectivity index (χ1) is 9.67. The number of imidazole rings is 1. The summed E-state index contributed by atoms with van der Waals surface area (Å²) >= 11 is 5.89. The Morgan fingerprint density at radius 1 is 1.45 bits per heavy atom. The van der Waals surface area contributed by atoms with Gasteiger partial charge in [-0.15, -0.1) is 11.6 Å². The minimum atomic E-state index is 0.595. The molecule has 2 aromatic rings. The van der Waals surface area contributed by atoms with Crippen LogP contribution in [0.15, 0.2) is 18.5 Å². The lowest BCUT2D eigenvalue weighted by atomic mass is 10.2. The molecule has 20 heavy (non-hydrogen) atoms. The van der Waals surface area contributed by atoms with Gasteiger partial charge in [-0.3, -0.25) is 4.98 Å². The van der Waals surface area contributed by atoms with Gasteiger partial charge in [0.15, 0.2) is 0 Å². The lowest BCUT2D eigenvalue weighted by Gasteiger charge is -2.24. The lowest BCUT2D eigenvalue weighted by Crippen LogP contribution is -2.31. The predicted molar refractivity (Wildman–Crippen MR) is 84.3 cm³/mol. The molecular formula is C15H23ClN4. The first-order valence-electron chi connectivity index (χ1n) is 7.22. The van der Waals surface area contributed by atoms with Gasteiger partial charge in [-0.1, -0.05) is 6.92 Å². The molecule has 0 aromatic carbocycles. The molecule has 1 atom stereocenters. The molecule has 2 rings (SSSR count). The van der Waals surface area contributed by atoms with E-state index in [9.17, 15) is 0 Å². The number of alkyl halides is 1. The third-order valence-corrected chi connectivity index (χ3v) is 4.16. The van der Waals surface area contributed by atoms with Crippen molar-refractivity contribution in [2.75, 3.05) is 19.5 Å². The summed E-state index contributed by atoms with van der Waals surface area (Å²) in [6.45, 7) is 6.43. The molecule has 5 heteroatoms. The van der Waals surface area contributed by atoms with E-state index in [1.165, 1.54) is 6.42 Å². The number of halogens is 1. The number of nitrogens with zero attached hydrogens (tertiary/aromatic N) is 4. The SMILES string of the molecule is CCC(C)N(C)CCn1c(CCCl)nc2cnccc21. The van der Waals surface area contributed by atoms with E-state index in [1.807, 2.05) is 18.5 Å². The monoisotopic (exact) mass is 294 g/mol. The zero-order valence-corrected chi connectivity index (χ0v) is 13.3. The minimum Gasteiger partial charge on any atom is -0.327 e. The molecule has 110 valence electrons. The van der Waals surface area contributed by atoms with Crippen molar-refractivity contribution in [3.63, 3.8) is 0 Å². The smallest absolute Gasteiger partial charge is 0.111 e. The van der Waals surface area contributed by atoms with E-state index in [0.29, 0.717) is 11.9 Å². The largest absolute Gasteiger partial charge is 0.327 e. The van der Waals surface area contributed by atoms with Gasteiger partial charge in [0.2, 0.25) is 0 Å². The molecule has 0 spiro atoms. The molecule has 0 N–H and O–H groups in total. The van der Waals surface area contributed by atoms with Crippen LogP contribution in [0.5, 0.6) is 0 Å². The molecule has 0 radical (unpaired) electrons. The summed E-state index contributed by atoms with van der Waals surface area (Å²) in [7, 11) is 2.18. The second-order valence-electron chi connectivity index (χ2n) is 5.22. The van der Waals surface area contributed by atoms with Crippen LogP contribution in [0.1, 0.15) is 26.1 Å². The average molecular weight is 295 g/mol. The molecule has 0 amide bonds. The Bertz CT molecular complexity index is 552. The van der Waals surface area contributed by atoms with Crippen LogP contribution < -0.4 is 0 Å². The van der Waals surface area contributed by atoms with Gasteiger partial charge in [-0.2, -0.15) is 0 Å². The van der Waals surface area contributed by atoms with Crippen molar-refractivity contribution < 1.29 is 0 Å². The van der Waals surface area contributed by atoms with Crippen molar-refractivity contribution in [3.8, 4) is 0 Å². The molecule has 0 saturated carbocycles. The maximum atomic E-state index is 5.89. The quantitative estimate of drug-likeness (QED) is 0.736. The number of pyridine rings is 1. The third-order valence-electron chi connectivity index (χ3n) is 3.97. The summed E-state index contributed by atoms with van der Waals surface area (Å²) < 4.78 is 2.28. The van der Waals surface area contributed by atoms with Crippen molar-refractivity contribution in [2.45, 2.75) is 39.3 Å². The minimum absolute atomic E-state index is 0.595. The van der Waals surface area contributed by atoms with Gasteiger partial charge in [-0.05, 0) is 26.5 Å². The molecule has 0 bridgehead atoms. The highest BCUT2D eigenvalue weighted by molar-refractivity contribution is 6.17. The summed E-state index contributed by atoms with van der Waals surface area (Å²) in [5.74, 6) is 1.65. The molecule has 0 aliphatic carbocycles. The number of fused-ring (bicyclic) bond motifs is 1. The number of hydrogen-bond acceptors (Lipinski definition) is 3. The van der Waals surface area contributed by atoms with E-state index in [4.69, 9.17) is 11.6 Å². The van der Waals surface area contributed by atoms with Crippen molar-refractivity contribution in [1.29, 1.82) is 0 Å². The van der Waals surface area contributed by atoms with Crippen LogP contribution in [0, 0.1) is 0 Å². The van der Waals surface area contributed by atoms with Crippen LogP contribution in [-0.2, 0) is 13.0 Å². The van der Waals surface area contributed by atoms with Gasteiger partial charge in [0, 0.05) is 37.6 Å². The second kappa shape index (κ2) is 7.04. The van der Waals surface area contributed by atoms with Crippen LogP contribution in [0.25, 0.3) is 11.0 Å². The van der Waals surface area contributed by atoms with Crippen molar-refractivity contribution >= 4 is 22.6 Å². The summed E-state index contributed by atoms with van der Waals surface area (Å²) in [5, 5.41) is 0. The van der Waals surface area contributed by atoms with Gasteiger partial charge < -0.3 is 9.47 Å². The van der Waals surface area contributed by atoms with E-state index in [0.717, 1.165) is 36.4 Å². The molecule has 0 aliphatic heterocycles. The standard InChI is InChI=1S/C15H23ClN4/c1-4-12(2)19(3)9-10-20-14-6-8-17-11-13(14)18-15(20)5-7-16/h6,8,11-12H,4-5,7,9-10H2,1-3H3. The Morgan fingerprint density at radius 2 is 2.25 bits per heavy atom. The van der Waals surface area contributed by atoms with Crippen LogP contribution in [0.4, 0.5) is 0 Å². The number of likely N-dealkylation sites (N-methyl/N-ethyl adjacent to an activating group) is 1. The van der Waals surface area contributed by atoms with Gasteiger partial charge in [0.1, 0.15) is 11.3 Å². The Morgan fingerprint density at radius 3 is 2.95 bits per heavy atom. The molecule has 2 heterocycles. The molecule has 0 saturated heterocycles. The highest BCUT2D eigenvalue weighted by Gasteiger charge is 2.12. The van der Waals surface area contributed by atoms with Crippen LogP contribution in [0.2, 0.25) is 0 Å². The molecular weight excluding hydrogens is 272 g/mol. The van der Waals surface area contributed by atoms with Crippen molar-refractivity contribution in [2.24, 2.45) is 0 Å². The Labute approximate surface area is 125 Å². The van der Waals surface area contributed by atoms with Crippen LogP contribution >= 0.6 is 11.6 Å². The normalized spacial score (nSPS) is 13.2. The first kappa shape index (κ1) is 15.3. The maximum Gasteiger partial charge on any atom is 0.111 e. The fraction of sp³-hybridized carbons (Fsp3) is 0.600.